The number of benzene rings is 1. The number of aliphatic hydroxyl groups excluding tert-OH is 1. The SMILES string of the molecule is CN1CCCC(CO)(c2cccc(Cl)c2)C1. The maximum Gasteiger partial charge on any atom is 0.0540 e. The Morgan fingerprint density at radius 1 is 1.50 bits per heavy atom. The van der Waals surface area contributed by atoms with E-state index in [9.17, 15) is 5.11 Å². The summed E-state index contributed by atoms with van der Waals surface area (Å²) in [5.74, 6) is 0. The molecule has 0 radical (unpaired) electrons. The second-order valence-electron chi connectivity index (χ2n) is 4.79. The van der Waals surface area contributed by atoms with Crippen LogP contribution >= 0.6 is 11.6 Å². The molecule has 0 spiro atoms. The number of likely N-dealkylation sites (N-methyl/N-ethyl adjacent to an activating group) is 1. The van der Waals surface area contributed by atoms with E-state index >= 15 is 0 Å². The second-order valence-corrected chi connectivity index (χ2v) is 5.23. The normalized spacial score (nSPS) is 26.9. The largest absolute Gasteiger partial charge is 0.395 e. The van der Waals surface area contributed by atoms with Gasteiger partial charge in [0.2, 0.25) is 0 Å². The lowest BCUT2D eigenvalue weighted by atomic mass is 9.75. The first-order valence-electron chi connectivity index (χ1n) is 5.72. The van der Waals surface area contributed by atoms with Crippen molar-refractivity contribution in [3.05, 3.63) is 34.9 Å². The van der Waals surface area contributed by atoms with E-state index in [4.69, 9.17) is 11.6 Å². The Hall–Kier alpha value is -0.570. The molecule has 88 valence electrons. The summed E-state index contributed by atoms with van der Waals surface area (Å²) in [7, 11) is 2.11. The van der Waals surface area contributed by atoms with Crippen molar-refractivity contribution in [3.8, 4) is 0 Å². The summed E-state index contributed by atoms with van der Waals surface area (Å²) < 4.78 is 0. The molecular weight excluding hydrogens is 222 g/mol. The summed E-state index contributed by atoms with van der Waals surface area (Å²) in [5, 5.41) is 10.5. The summed E-state index contributed by atoms with van der Waals surface area (Å²) >= 11 is 6.02. The first-order chi connectivity index (χ1) is 7.66. The first-order valence-corrected chi connectivity index (χ1v) is 6.09. The molecular formula is C13H18ClNO. The molecule has 2 rings (SSSR count). The van der Waals surface area contributed by atoms with Gasteiger partial charge in [-0.15, -0.1) is 0 Å². The Bertz CT molecular complexity index is 369. The lowest BCUT2D eigenvalue weighted by molar-refractivity contribution is 0.105. The maximum absolute atomic E-state index is 9.73. The number of rotatable bonds is 2. The van der Waals surface area contributed by atoms with Crippen LogP contribution in [0.2, 0.25) is 5.02 Å². The van der Waals surface area contributed by atoms with E-state index < -0.39 is 0 Å². The number of nitrogens with zero attached hydrogens (tertiary/aromatic N) is 1. The van der Waals surface area contributed by atoms with Gasteiger partial charge in [0.25, 0.3) is 0 Å². The van der Waals surface area contributed by atoms with E-state index in [0.29, 0.717) is 0 Å². The van der Waals surface area contributed by atoms with Crippen molar-refractivity contribution in [2.45, 2.75) is 18.3 Å². The number of hydrogen-bond donors (Lipinski definition) is 1. The minimum absolute atomic E-state index is 0.127. The quantitative estimate of drug-likeness (QED) is 0.856. The minimum Gasteiger partial charge on any atom is -0.395 e. The van der Waals surface area contributed by atoms with Crippen molar-refractivity contribution in [2.24, 2.45) is 0 Å². The molecule has 0 aromatic heterocycles. The molecule has 1 saturated heterocycles. The zero-order valence-corrected chi connectivity index (χ0v) is 10.4. The Morgan fingerprint density at radius 3 is 2.94 bits per heavy atom. The predicted molar refractivity (Wildman–Crippen MR) is 66.9 cm³/mol. The molecule has 1 fully saturated rings. The van der Waals surface area contributed by atoms with E-state index in [1.54, 1.807) is 0 Å². The van der Waals surface area contributed by atoms with Gasteiger partial charge in [-0.25, -0.2) is 0 Å². The lowest BCUT2D eigenvalue weighted by Crippen LogP contribution is -2.46. The fourth-order valence-corrected chi connectivity index (χ4v) is 2.83. The van der Waals surface area contributed by atoms with Crippen LogP contribution in [0, 0.1) is 0 Å². The first kappa shape index (κ1) is 11.9. The molecule has 0 aliphatic carbocycles. The highest BCUT2D eigenvalue weighted by Gasteiger charge is 2.35. The standard InChI is InChI=1S/C13H18ClNO/c1-15-7-3-6-13(9-15,10-16)11-4-2-5-12(14)8-11/h2,4-5,8,16H,3,6-7,9-10H2,1H3. The minimum atomic E-state index is -0.127. The fourth-order valence-electron chi connectivity index (χ4n) is 2.64. The van der Waals surface area contributed by atoms with E-state index in [1.165, 1.54) is 0 Å². The average Bonchev–Trinajstić information content (AvgIpc) is 2.29. The van der Waals surface area contributed by atoms with Crippen LogP contribution in [0.25, 0.3) is 0 Å². The van der Waals surface area contributed by atoms with Crippen molar-refractivity contribution in [1.29, 1.82) is 0 Å². The van der Waals surface area contributed by atoms with Crippen molar-refractivity contribution in [2.75, 3.05) is 26.7 Å². The summed E-state index contributed by atoms with van der Waals surface area (Å²) in [6, 6.07) is 7.89. The smallest absolute Gasteiger partial charge is 0.0540 e. The van der Waals surface area contributed by atoms with Gasteiger partial charge in [0.05, 0.1) is 6.61 Å². The molecule has 1 aromatic carbocycles. The van der Waals surface area contributed by atoms with Gasteiger partial charge < -0.3 is 10.0 Å². The van der Waals surface area contributed by atoms with Crippen LogP contribution in [0.15, 0.2) is 24.3 Å². The highest BCUT2D eigenvalue weighted by molar-refractivity contribution is 6.30. The van der Waals surface area contributed by atoms with Crippen LogP contribution < -0.4 is 0 Å². The molecule has 1 aliphatic rings. The third kappa shape index (κ3) is 2.24. The number of halogens is 1. The highest BCUT2D eigenvalue weighted by atomic mass is 35.5. The Kier molecular flexibility index (Phi) is 3.53. The van der Waals surface area contributed by atoms with Gasteiger partial charge in [0.15, 0.2) is 0 Å². The van der Waals surface area contributed by atoms with Crippen LogP contribution in [0.3, 0.4) is 0 Å². The highest BCUT2D eigenvalue weighted by Crippen LogP contribution is 2.34. The maximum atomic E-state index is 9.73. The Balaban J connectivity index is 2.33. The molecule has 1 atom stereocenters. The molecule has 0 amide bonds. The number of hydrogen-bond acceptors (Lipinski definition) is 2. The van der Waals surface area contributed by atoms with E-state index in [1.807, 2.05) is 18.2 Å². The zero-order valence-electron chi connectivity index (χ0n) is 9.62. The van der Waals surface area contributed by atoms with Crippen molar-refractivity contribution in [3.63, 3.8) is 0 Å². The second kappa shape index (κ2) is 4.74. The number of aliphatic hydroxyl groups is 1. The molecule has 1 unspecified atom stereocenters. The molecule has 1 heterocycles. The van der Waals surface area contributed by atoms with E-state index in [-0.39, 0.29) is 12.0 Å². The fraction of sp³-hybridized carbons (Fsp3) is 0.538. The molecule has 0 bridgehead atoms. The lowest BCUT2D eigenvalue weighted by Gasteiger charge is -2.40. The van der Waals surface area contributed by atoms with Crippen LogP contribution in [0.1, 0.15) is 18.4 Å². The third-order valence-corrected chi connectivity index (χ3v) is 3.74. The van der Waals surface area contributed by atoms with Crippen LogP contribution in [-0.4, -0.2) is 36.8 Å². The molecule has 1 aromatic rings. The predicted octanol–water partition coefficient (Wildman–Crippen LogP) is 2.30. The Labute approximate surface area is 102 Å². The number of likely N-dealkylation sites (tertiary alicyclic amines) is 1. The summed E-state index contributed by atoms with van der Waals surface area (Å²) in [6.45, 7) is 2.21. The molecule has 0 saturated carbocycles. The van der Waals surface area contributed by atoms with Crippen LogP contribution in [0.4, 0.5) is 0 Å². The van der Waals surface area contributed by atoms with Gasteiger partial charge in [-0.2, -0.15) is 0 Å². The topological polar surface area (TPSA) is 23.5 Å². The summed E-state index contributed by atoms with van der Waals surface area (Å²) in [6.07, 6.45) is 2.16. The van der Waals surface area contributed by atoms with E-state index in [0.717, 1.165) is 36.5 Å². The third-order valence-electron chi connectivity index (χ3n) is 3.51. The van der Waals surface area contributed by atoms with Gasteiger partial charge in [-0.05, 0) is 44.1 Å². The van der Waals surface area contributed by atoms with Crippen molar-refractivity contribution >= 4 is 11.6 Å². The van der Waals surface area contributed by atoms with Crippen molar-refractivity contribution in [1.82, 2.24) is 4.90 Å². The van der Waals surface area contributed by atoms with Crippen molar-refractivity contribution < 1.29 is 5.11 Å². The summed E-state index contributed by atoms with van der Waals surface area (Å²) in [4.78, 5) is 2.28. The Morgan fingerprint density at radius 2 is 2.31 bits per heavy atom. The van der Waals surface area contributed by atoms with Gasteiger partial charge in [-0.1, -0.05) is 23.7 Å². The molecule has 2 nitrogen and oxygen atoms in total. The van der Waals surface area contributed by atoms with Crippen LogP contribution in [0.5, 0.6) is 0 Å². The number of piperidine rings is 1. The monoisotopic (exact) mass is 239 g/mol. The van der Waals surface area contributed by atoms with Gasteiger partial charge >= 0.3 is 0 Å². The average molecular weight is 240 g/mol. The van der Waals surface area contributed by atoms with Gasteiger partial charge in [0, 0.05) is 17.0 Å². The molecule has 3 heteroatoms. The van der Waals surface area contributed by atoms with Gasteiger partial charge in [-0.3, -0.25) is 0 Å². The molecule has 1 aliphatic heterocycles. The summed E-state index contributed by atoms with van der Waals surface area (Å²) in [5.41, 5.74) is 1.03. The molecule has 16 heavy (non-hydrogen) atoms. The molecule has 1 N–H and O–H groups in total. The zero-order chi connectivity index (χ0) is 11.6. The van der Waals surface area contributed by atoms with Gasteiger partial charge in [0.1, 0.15) is 0 Å². The van der Waals surface area contributed by atoms with E-state index in [2.05, 4.69) is 18.0 Å². The van der Waals surface area contributed by atoms with Crippen LogP contribution in [-0.2, 0) is 5.41 Å².